The molecule has 7 heteroatoms. The van der Waals surface area contributed by atoms with Crippen molar-refractivity contribution in [2.45, 2.75) is 19.1 Å². The average Bonchev–Trinajstić information content (AvgIpc) is 2.83. The van der Waals surface area contributed by atoms with Crippen LogP contribution in [0.3, 0.4) is 0 Å². The highest BCUT2D eigenvalue weighted by molar-refractivity contribution is 6.31. The van der Waals surface area contributed by atoms with E-state index < -0.39 is 12.5 Å². The third-order valence-electron chi connectivity index (χ3n) is 2.80. The molecule has 1 atom stereocenters. The highest BCUT2D eigenvalue weighted by Crippen LogP contribution is 2.24. The number of amides is 1. The maximum atomic E-state index is 12.3. The molecule has 19 heavy (non-hydrogen) atoms. The van der Waals surface area contributed by atoms with Crippen LogP contribution in [0.2, 0.25) is 5.02 Å². The van der Waals surface area contributed by atoms with Gasteiger partial charge in [-0.2, -0.15) is 8.78 Å². The molecule has 0 saturated carbocycles. The number of carbonyl (C=O) groups excluding carboxylic acids is 1. The molecule has 0 aliphatic carbocycles. The molecule has 0 aromatic heterocycles. The molecule has 104 valence electrons. The van der Waals surface area contributed by atoms with Gasteiger partial charge in [0.15, 0.2) is 0 Å². The number of carbonyl (C=O) groups is 1. The summed E-state index contributed by atoms with van der Waals surface area (Å²) in [5.41, 5.74) is 0.0136. The smallest absolute Gasteiger partial charge is 0.387 e. The van der Waals surface area contributed by atoms with Crippen molar-refractivity contribution < 1.29 is 18.3 Å². The minimum Gasteiger partial charge on any atom is -0.434 e. The van der Waals surface area contributed by atoms with Gasteiger partial charge in [-0.1, -0.05) is 11.6 Å². The number of alkyl halides is 2. The summed E-state index contributed by atoms with van der Waals surface area (Å²) < 4.78 is 28.9. The third kappa shape index (κ3) is 3.78. The predicted octanol–water partition coefficient (Wildman–Crippen LogP) is 2.03. The lowest BCUT2D eigenvalue weighted by molar-refractivity contribution is -0.0501. The van der Waals surface area contributed by atoms with Crippen LogP contribution in [-0.2, 0) is 0 Å². The lowest BCUT2D eigenvalue weighted by Gasteiger charge is -2.14. The van der Waals surface area contributed by atoms with Crippen LogP contribution in [0.5, 0.6) is 5.75 Å². The van der Waals surface area contributed by atoms with Crippen molar-refractivity contribution in [3.63, 3.8) is 0 Å². The first-order valence-electron chi connectivity index (χ1n) is 5.82. The monoisotopic (exact) mass is 290 g/mol. The van der Waals surface area contributed by atoms with Crippen molar-refractivity contribution in [3.05, 3.63) is 28.8 Å². The molecular weight excluding hydrogens is 278 g/mol. The molecule has 2 rings (SSSR count). The minimum atomic E-state index is -2.99. The van der Waals surface area contributed by atoms with E-state index in [9.17, 15) is 13.6 Å². The Bertz CT molecular complexity index is 465. The van der Waals surface area contributed by atoms with Gasteiger partial charge in [0, 0.05) is 17.6 Å². The van der Waals surface area contributed by atoms with E-state index in [0.29, 0.717) is 6.54 Å². The number of hydrogen-bond donors (Lipinski definition) is 2. The molecule has 1 fully saturated rings. The lowest BCUT2D eigenvalue weighted by atomic mass is 10.1. The largest absolute Gasteiger partial charge is 0.434 e. The Kier molecular flexibility index (Phi) is 4.55. The van der Waals surface area contributed by atoms with E-state index in [1.807, 2.05) is 0 Å². The number of rotatable bonds is 4. The summed E-state index contributed by atoms with van der Waals surface area (Å²) in [6.45, 7) is -1.50. The van der Waals surface area contributed by atoms with Crippen molar-refractivity contribution in [1.82, 2.24) is 10.6 Å². The average molecular weight is 291 g/mol. The molecule has 0 bridgehead atoms. The van der Waals surface area contributed by atoms with Crippen LogP contribution in [0.1, 0.15) is 16.8 Å². The summed E-state index contributed by atoms with van der Waals surface area (Å²) in [5.74, 6) is -0.644. The van der Waals surface area contributed by atoms with Gasteiger partial charge in [0.2, 0.25) is 0 Å². The molecule has 1 aliphatic rings. The molecule has 1 aromatic rings. The third-order valence-corrected chi connectivity index (χ3v) is 3.03. The Hall–Kier alpha value is -1.40. The van der Waals surface area contributed by atoms with Crippen LogP contribution in [-0.4, -0.2) is 31.7 Å². The molecule has 1 saturated heterocycles. The van der Waals surface area contributed by atoms with Gasteiger partial charge in [0.05, 0.1) is 5.56 Å². The van der Waals surface area contributed by atoms with E-state index in [4.69, 9.17) is 11.6 Å². The molecule has 4 nitrogen and oxygen atoms in total. The maximum absolute atomic E-state index is 12.3. The number of nitrogens with one attached hydrogen (secondary N) is 2. The fourth-order valence-corrected chi connectivity index (χ4v) is 2.09. The Balaban J connectivity index is 2.15. The Morgan fingerprint density at radius 3 is 2.95 bits per heavy atom. The van der Waals surface area contributed by atoms with Gasteiger partial charge < -0.3 is 15.4 Å². The zero-order valence-electron chi connectivity index (χ0n) is 9.96. The maximum Gasteiger partial charge on any atom is 0.387 e. The SMILES string of the molecule is O=C(NC1CCNC1)c1cc(Cl)ccc1OC(F)F. The zero-order chi connectivity index (χ0) is 13.8. The number of hydrogen-bond acceptors (Lipinski definition) is 3. The van der Waals surface area contributed by atoms with Gasteiger partial charge in [0.1, 0.15) is 5.75 Å². The van der Waals surface area contributed by atoms with Gasteiger partial charge in [-0.25, -0.2) is 0 Å². The van der Waals surface area contributed by atoms with E-state index in [2.05, 4.69) is 15.4 Å². The van der Waals surface area contributed by atoms with E-state index in [1.54, 1.807) is 0 Å². The second kappa shape index (κ2) is 6.16. The molecule has 0 radical (unpaired) electrons. The predicted molar refractivity (Wildman–Crippen MR) is 66.8 cm³/mol. The highest BCUT2D eigenvalue weighted by Gasteiger charge is 2.21. The summed E-state index contributed by atoms with van der Waals surface area (Å²) >= 11 is 5.78. The first kappa shape index (κ1) is 14.0. The van der Waals surface area contributed by atoms with Crippen LogP contribution >= 0.6 is 11.6 Å². The lowest BCUT2D eigenvalue weighted by Crippen LogP contribution is -2.36. The highest BCUT2D eigenvalue weighted by atomic mass is 35.5. The van der Waals surface area contributed by atoms with Gasteiger partial charge in [0.25, 0.3) is 5.91 Å². The molecule has 1 aliphatic heterocycles. The number of ether oxygens (including phenoxy) is 1. The molecule has 0 spiro atoms. The van der Waals surface area contributed by atoms with Crippen LogP contribution in [0.4, 0.5) is 8.78 Å². The first-order chi connectivity index (χ1) is 9.06. The van der Waals surface area contributed by atoms with E-state index in [-0.39, 0.29) is 22.4 Å². The van der Waals surface area contributed by atoms with Crippen molar-refractivity contribution in [2.24, 2.45) is 0 Å². The quantitative estimate of drug-likeness (QED) is 0.892. The van der Waals surface area contributed by atoms with E-state index in [0.717, 1.165) is 13.0 Å². The summed E-state index contributed by atoms with van der Waals surface area (Å²) in [7, 11) is 0. The van der Waals surface area contributed by atoms with Gasteiger partial charge in [-0.15, -0.1) is 0 Å². The van der Waals surface area contributed by atoms with Gasteiger partial charge in [-0.05, 0) is 31.2 Å². The topological polar surface area (TPSA) is 50.4 Å². The van der Waals surface area contributed by atoms with Crippen LogP contribution in [0.15, 0.2) is 18.2 Å². The minimum absolute atomic E-state index is 0.00844. The normalized spacial score (nSPS) is 18.6. The second-order valence-corrected chi connectivity index (χ2v) is 4.62. The van der Waals surface area contributed by atoms with Crippen molar-refractivity contribution >= 4 is 17.5 Å². The number of halogens is 3. The standard InChI is InChI=1S/C12H13ClF2N2O2/c13-7-1-2-10(19-12(14)15)9(5-7)11(18)17-8-3-4-16-6-8/h1-2,5,8,12,16H,3-4,6H2,(H,17,18). The summed E-state index contributed by atoms with van der Waals surface area (Å²) in [5, 5.41) is 6.13. The molecular formula is C12H13ClF2N2O2. The van der Waals surface area contributed by atoms with E-state index in [1.165, 1.54) is 18.2 Å². The molecule has 1 heterocycles. The Labute approximate surface area is 114 Å². The van der Waals surface area contributed by atoms with Gasteiger partial charge >= 0.3 is 6.61 Å². The Morgan fingerprint density at radius 2 is 2.32 bits per heavy atom. The second-order valence-electron chi connectivity index (χ2n) is 4.18. The fourth-order valence-electron chi connectivity index (χ4n) is 1.92. The van der Waals surface area contributed by atoms with Crippen molar-refractivity contribution in [1.29, 1.82) is 0 Å². The summed E-state index contributed by atoms with van der Waals surface area (Å²) in [4.78, 5) is 12.0. The van der Waals surface area contributed by atoms with Crippen molar-refractivity contribution in [2.75, 3.05) is 13.1 Å². The summed E-state index contributed by atoms with van der Waals surface area (Å²) in [6.07, 6.45) is 0.803. The summed E-state index contributed by atoms with van der Waals surface area (Å²) in [6, 6.07) is 3.96. The molecule has 1 aromatic carbocycles. The number of benzene rings is 1. The molecule has 2 N–H and O–H groups in total. The fraction of sp³-hybridized carbons (Fsp3) is 0.417. The molecule has 1 amide bonds. The molecule has 1 unspecified atom stereocenters. The van der Waals surface area contributed by atoms with Crippen molar-refractivity contribution in [3.8, 4) is 5.75 Å². The van der Waals surface area contributed by atoms with Crippen LogP contribution in [0.25, 0.3) is 0 Å². The zero-order valence-corrected chi connectivity index (χ0v) is 10.7. The van der Waals surface area contributed by atoms with E-state index >= 15 is 0 Å². The van der Waals surface area contributed by atoms with Crippen LogP contribution < -0.4 is 15.4 Å². The first-order valence-corrected chi connectivity index (χ1v) is 6.20. The van der Waals surface area contributed by atoms with Crippen LogP contribution in [0, 0.1) is 0 Å². The van der Waals surface area contributed by atoms with Gasteiger partial charge in [-0.3, -0.25) is 4.79 Å². The Morgan fingerprint density at radius 1 is 1.53 bits per heavy atom.